The monoisotopic (exact) mass is 223 g/mol. The van der Waals surface area contributed by atoms with Gasteiger partial charge in [-0.05, 0) is 17.7 Å². The van der Waals surface area contributed by atoms with Crippen LogP contribution in [0.25, 0.3) is 0 Å². The molecule has 2 nitrogen and oxygen atoms in total. The van der Waals surface area contributed by atoms with Gasteiger partial charge in [-0.25, -0.2) is 8.78 Å². The quantitative estimate of drug-likeness (QED) is 0.854. The first kappa shape index (κ1) is 13.1. The standard InChI is InChI=1S/C9H11F2NO.ClH/c1-13-7-4-2-6(3-5-7)8(12)9(10)11;/h2-5,8-9H,12H2,1H3;1H/t8-;/m0./s1. The number of ether oxygens (including phenoxy) is 1. The molecular formula is C9H12ClF2NO. The van der Waals surface area contributed by atoms with Gasteiger partial charge in [0.25, 0.3) is 6.43 Å². The number of alkyl halides is 2. The summed E-state index contributed by atoms with van der Waals surface area (Å²) in [5.41, 5.74) is 5.65. The highest BCUT2D eigenvalue weighted by atomic mass is 35.5. The Morgan fingerprint density at radius 3 is 2.07 bits per heavy atom. The van der Waals surface area contributed by atoms with Crippen LogP contribution in [-0.4, -0.2) is 13.5 Å². The number of hydrogen-bond donors (Lipinski definition) is 1. The summed E-state index contributed by atoms with van der Waals surface area (Å²) in [5.74, 6) is 0.630. The van der Waals surface area contributed by atoms with Gasteiger partial charge in [0, 0.05) is 0 Å². The number of hydrogen-bond acceptors (Lipinski definition) is 2. The van der Waals surface area contributed by atoms with Gasteiger partial charge in [-0.15, -0.1) is 12.4 Å². The van der Waals surface area contributed by atoms with Crippen LogP contribution in [0.3, 0.4) is 0 Å². The molecule has 0 saturated heterocycles. The molecule has 0 spiro atoms. The molecule has 0 fully saturated rings. The number of nitrogens with two attached hydrogens (primary N) is 1. The highest BCUT2D eigenvalue weighted by Crippen LogP contribution is 2.20. The first-order valence-corrected chi connectivity index (χ1v) is 3.83. The topological polar surface area (TPSA) is 35.2 Å². The van der Waals surface area contributed by atoms with E-state index in [-0.39, 0.29) is 12.4 Å². The van der Waals surface area contributed by atoms with Gasteiger partial charge in [0.2, 0.25) is 0 Å². The Morgan fingerprint density at radius 1 is 1.21 bits per heavy atom. The van der Waals surface area contributed by atoms with E-state index in [2.05, 4.69) is 0 Å². The summed E-state index contributed by atoms with van der Waals surface area (Å²) in [5, 5.41) is 0. The summed E-state index contributed by atoms with van der Waals surface area (Å²) in [6, 6.07) is 5.08. The van der Waals surface area contributed by atoms with Gasteiger partial charge >= 0.3 is 0 Å². The zero-order valence-electron chi connectivity index (χ0n) is 7.61. The van der Waals surface area contributed by atoms with E-state index in [0.717, 1.165) is 0 Å². The van der Waals surface area contributed by atoms with Gasteiger partial charge in [-0.2, -0.15) is 0 Å². The van der Waals surface area contributed by atoms with E-state index in [9.17, 15) is 8.78 Å². The average molecular weight is 224 g/mol. The molecule has 0 aliphatic heterocycles. The SMILES string of the molecule is COc1ccc([C@H](N)C(F)F)cc1.Cl. The minimum atomic E-state index is -2.53. The van der Waals surface area contributed by atoms with Crippen LogP contribution in [0, 0.1) is 0 Å². The Bertz CT molecular complexity index is 266. The van der Waals surface area contributed by atoms with Gasteiger partial charge in [0.05, 0.1) is 13.2 Å². The molecule has 2 N–H and O–H groups in total. The molecule has 80 valence electrons. The first-order valence-electron chi connectivity index (χ1n) is 3.83. The lowest BCUT2D eigenvalue weighted by Gasteiger charge is -2.10. The number of benzene rings is 1. The van der Waals surface area contributed by atoms with E-state index in [1.165, 1.54) is 19.2 Å². The van der Waals surface area contributed by atoms with Crippen molar-refractivity contribution >= 4 is 12.4 Å². The Morgan fingerprint density at radius 2 is 1.71 bits per heavy atom. The predicted octanol–water partition coefficient (Wildman–Crippen LogP) is 2.38. The molecule has 0 heterocycles. The van der Waals surface area contributed by atoms with Gasteiger partial charge in [0.1, 0.15) is 5.75 Å². The van der Waals surface area contributed by atoms with Crippen LogP contribution in [0.2, 0.25) is 0 Å². The van der Waals surface area contributed by atoms with Crippen molar-refractivity contribution in [1.82, 2.24) is 0 Å². The lowest BCUT2D eigenvalue weighted by molar-refractivity contribution is 0.116. The minimum absolute atomic E-state index is 0. The summed E-state index contributed by atoms with van der Waals surface area (Å²) >= 11 is 0. The lowest BCUT2D eigenvalue weighted by atomic mass is 10.1. The van der Waals surface area contributed by atoms with Crippen LogP contribution < -0.4 is 10.5 Å². The molecule has 0 saturated carbocycles. The van der Waals surface area contributed by atoms with Gasteiger partial charge in [-0.3, -0.25) is 0 Å². The van der Waals surface area contributed by atoms with Gasteiger partial charge in [-0.1, -0.05) is 12.1 Å². The molecule has 1 atom stereocenters. The van der Waals surface area contributed by atoms with Gasteiger partial charge < -0.3 is 10.5 Å². The number of methoxy groups -OCH3 is 1. The average Bonchev–Trinajstić information content (AvgIpc) is 2.17. The Kier molecular flexibility index (Phi) is 5.42. The second kappa shape index (κ2) is 5.78. The summed E-state index contributed by atoms with van der Waals surface area (Å²) in [4.78, 5) is 0. The van der Waals surface area contributed by atoms with Crippen LogP contribution in [0.1, 0.15) is 11.6 Å². The molecule has 1 aromatic rings. The van der Waals surface area contributed by atoms with Crippen LogP contribution in [0.15, 0.2) is 24.3 Å². The number of rotatable bonds is 3. The van der Waals surface area contributed by atoms with Crippen molar-refractivity contribution in [2.24, 2.45) is 5.73 Å². The normalized spacial score (nSPS) is 12.1. The molecule has 1 aromatic carbocycles. The van der Waals surface area contributed by atoms with Crippen LogP contribution >= 0.6 is 12.4 Å². The molecule has 0 bridgehead atoms. The maximum absolute atomic E-state index is 12.1. The van der Waals surface area contributed by atoms with E-state index in [0.29, 0.717) is 11.3 Å². The largest absolute Gasteiger partial charge is 0.497 e. The zero-order chi connectivity index (χ0) is 9.84. The predicted molar refractivity (Wildman–Crippen MR) is 53.2 cm³/mol. The summed E-state index contributed by atoms with van der Waals surface area (Å²) in [7, 11) is 1.52. The highest BCUT2D eigenvalue weighted by Gasteiger charge is 2.16. The van der Waals surface area contributed by atoms with Crippen molar-refractivity contribution in [2.45, 2.75) is 12.5 Å². The van der Waals surface area contributed by atoms with Crippen molar-refractivity contribution in [3.63, 3.8) is 0 Å². The molecule has 0 amide bonds. The lowest BCUT2D eigenvalue weighted by Crippen LogP contribution is -2.18. The fourth-order valence-electron chi connectivity index (χ4n) is 0.972. The minimum Gasteiger partial charge on any atom is -0.497 e. The second-order valence-electron chi connectivity index (χ2n) is 2.63. The van der Waals surface area contributed by atoms with Crippen molar-refractivity contribution in [3.8, 4) is 5.75 Å². The van der Waals surface area contributed by atoms with Crippen molar-refractivity contribution in [2.75, 3.05) is 7.11 Å². The van der Waals surface area contributed by atoms with Crippen molar-refractivity contribution < 1.29 is 13.5 Å². The maximum atomic E-state index is 12.1. The van der Waals surface area contributed by atoms with E-state index < -0.39 is 12.5 Å². The van der Waals surface area contributed by atoms with Crippen LogP contribution in [0.4, 0.5) is 8.78 Å². The molecule has 0 aromatic heterocycles. The fraction of sp³-hybridized carbons (Fsp3) is 0.333. The van der Waals surface area contributed by atoms with E-state index in [1.54, 1.807) is 12.1 Å². The second-order valence-corrected chi connectivity index (χ2v) is 2.63. The molecule has 0 radical (unpaired) electrons. The molecular weight excluding hydrogens is 212 g/mol. The molecule has 0 unspecified atom stereocenters. The maximum Gasteiger partial charge on any atom is 0.257 e. The summed E-state index contributed by atoms with van der Waals surface area (Å²) < 4.78 is 29.2. The molecule has 5 heteroatoms. The molecule has 0 aliphatic carbocycles. The first-order chi connectivity index (χ1) is 6.15. The molecule has 1 rings (SSSR count). The van der Waals surface area contributed by atoms with Gasteiger partial charge in [0.15, 0.2) is 0 Å². The number of halogens is 3. The van der Waals surface area contributed by atoms with E-state index in [1.807, 2.05) is 0 Å². The third kappa shape index (κ3) is 3.12. The fourth-order valence-corrected chi connectivity index (χ4v) is 0.972. The van der Waals surface area contributed by atoms with Crippen LogP contribution in [-0.2, 0) is 0 Å². The Balaban J connectivity index is 0.00000169. The molecule has 0 aliphatic rings. The zero-order valence-corrected chi connectivity index (χ0v) is 8.43. The Labute approximate surface area is 87.5 Å². The van der Waals surface area contributed by atoms with E-state index >= 15 is 0 Å². The highest BCUT2D eigenvalue weighted by molar-refractivity contribution is 5.85. The van der Waals surface area contributed by atoms with Crippen molar-refractivity contribution in [3.05, 3.63) is 29.8 Å². The Hall–Kier alpha value is -0.870. The third-order valence-corrected chi connectivity index (χ3v) is 1.77. The third-order valence-electron chi connectivity index (χ3n) is 1.77. The van der Waals surface area contributed by atoms with E-state index in [4.69, 9.17) is 10.5 Å². The van der Waals surface area contributed by atoms with Crippen LogP contribution in [0.5, 0.6) is 5.75 Å². The summed E-state index contributed by atoms with van der Waals surface area (Å²) in [6.07, 6.45) is -2.53. The smallest absolute Gasteiger partial charge is 0.257 e. The van der Waals surface area contributed by atoms with Crippen molar-refractivity contribution in [1.29, 1.82) is 0 Å². The summed E-state index contributed by atoms with van der Waals surface area (Å²) in [6.45, 7) is 0. The molecule has 14 heavy (non-hydrogen) atoms.